The molecule has 0 spiro atoms. The molecule has 0 fully saturated rings. The van der Waals surface area contributed by atoms with Crippen molar-refractivity contribution in [2.24, 2.45) is 0 Å². The number of aromatic carboxylic acids is 2. The first-order valence-electron chi connectivity index (χ1n) is 4.16. The molecule has 0 saturated carbocycles. The Morgan fingerprint density at radius 1 is 1.40 bits per heavy atom. The fourth-order valence-corrected chi connectivity index (χ4v) is 1.32. The minimum Gasteiger partial charge on any atom is -0.477 e. The lowest BCUT2D eigenvalue weighted by molar-refractivity contribution is 0.0675. The van der Waals surface area contributed by atoms with Gasteiger partial charge in [-0.3, -0.25) is 4.68 Å². The van der Waals surface area contributed by atoms with E-state index in [-0.39, 0.29) is 11.4 Å². The number of nitrogens with zero attached hydrogens (tertiary/aromatic N) is 2. The normalized spacial score (nSPS) is 10.2. The number of hydrogen-bond acceptors (Lipinski definition) is 3. The van der Waals surface area contributed by atoms with E-state index in [1.165, 1.54) is 4.68 Å². The molecule has 0 radical (unpaired) electrons. The number of rotatable bonds is 5. The summed E-state index contributed by atoms with van der Waals surface area (Å²) in [6.45, 7) is 0.375. The van der Waals surface area contributed by atoms with Crippen molar-refractivity contribution in [1.29, 1.82) is 0 Å². The quantitative estimate of drug-likeness (QED) is 0.785. The van der Waals surface area contributed by atoms with Crippen molar-refractivity contribution in [3.8, 4) is 0 Å². The van der Waals surface area contributed by atoms with Gasteiger partial charge in [-0.05, 0) is 6.42 Å². The van der Waals surface area contributed by atoms with Crippen LogP contribution < -0.4 is 0 Å². The smallest absolute Gasteiger partial charge is 0.356 e. The van der Waals surface area contributed by atoms with Gasteiger partial charge in [-0.1, -0.05) is 15.9 Å². The Balaban J connectivity index is 3.00. The van der Waals surface area contributed by atoms with E-state index >= 15 is 0 Å². The highest BCUT2D eigenvalue weighted by atomic mass is 79.9. The molecule has 82 valence electrons. The van der Waals surface area contributed by atoms with E-state index in [1.807, 2.05) is 0 Å². The lowest BCUT2D eigenvalue weighted by Gasteiger charge is -2.01. The van der Waals surface area contributed by atoms with E-state index in [0.29, 0.717) is 18.3 Å². The summed E-state index contributed by atoms with van der Waals surface area (Å²) in [6.07, 6.45) is 0.682. The third kappa shape index (κ3) is 2.79. The standard InChI is InChI=1S/C8H9BrN2O4/c9-2-1-3-11-6(8(14)15)4-5(10-11)7(12)13/h4H,1-3H2,(H,12,13)(H,14,15). The summed E-state index contributed by atoms with van der Waals surface area (Å²) in [7, 11) is 0. The number of alkyl halides is 1. The Morgan fingerprint density at radius 3 is 2.53 bits per heavy atom. The van der Waals surface area contributed by atoms with Gasteiger partial charge in [0.05, 0.1) is 0 Å². The van der Waals surface area contributed by atoms with Gasteiger partial charge in [0.1, 0.15) is 5.69 Å². The van der Waals surface area contributed by atoms with Crippen LogP contribution in [0.4, 0.5) is 0 Å². The molecule has 0 atom stereocenters. The second-order valence-corrected chi connectivity index (χ2v) is 3.58. The number of carbonyl (C=O) groups is 2. The monoisotopic (exact) mass is 276 g/mol. The third-order valence-corrected chi connectivity index (χ3v) is 2.28. The largest absolute Gasteiger partial charge is 0.477 e. The zero-order valence-electron chi connectivity index (χ0n) is 7.68. The highest BCUT2D eigenvalue weighted by Crippen LogP contribution is 2.06. The van der Waals surface area contributed by atoms with Crippen LogP contribution >= 0.6 is 15.9 Å². The number of aromatic nitrogens is 2. The van der Waals surface area contributed by atoms with Gasteiger partial charge in [0.15, 0.2) is 5.69 Å². The highest BCUT2D eigenvalue weighted by molar-refractivity contribution is 9.09. The zero-order valence-corrected chi connectivity index (χ0v) is 9.27. The minimum atomic E-state index is -1.23. The fraction of sp³-hybridized carbons (Fsp3) is 0.375. The summed E-state index contributed by atoms with van der Waals surface area (Å²) in [4.78, 5) is 21.3. The molecule has 0 unspecified atom stereocenters. The van der Waals surface area contributed by atoms with Crippen molar-refractivity contribution >= 4 is 27.9 Å². The van der Waals surface area contributed by atoms with Crippen LogP contribution in [0.25, 0.3) is 0 Å². The van der Waals surface area contributed by atoms with Crippen molar-refractivity contribution in [1.82, 2.24) is 9.78 Å². The summed E-state index contributed by atoms with van der Waals surface area (Å²) in [5.74, 6) is -2.40. The molecular weight excluding hydrogens is 268 g/mol. The Bertz CT molecular complexity index is 388. The Labute approximate surface area is 93.6 Å². The summed E-state index contributed by atoms with van der Waals surface area (Å²) in [6, 6.07) is 1.05. The summed E-state index contributed by atoms with van der Waals surface area (Å²) in [5.41, 5.74) is -0.352. The van der Waals surface area contributed by atoms with Crippen molar-refractivity contribution in [3.63, 3.8) is 0 Å². The predicted octanol–water partition coefficient (Wildman–Crippen LogP) is 1.06. The fourth-order valence-electron chi connectivity index (χ4n) is 1.07. The molecule has 1 aromatic heterocycles. The van der Waals surface area contributed by atoms with E-state index in [4.69, 9.17) is 10.2 Å². The summed E-state index contributed by atoms with van der Waals surface area (Å²) < 4.78 is 1.19. The van der Waals surface area contributed by atoms with Crippen molar-refractivity contribution in [3.05, 3.63) is 17.5 Å². The van der Waals surface area contributed by atoms with Gasteiger partial charge >= 0.3 is 11.9 Å². The Morgan fingerprint density at radius 2 is 2.07 bits per heavy atom. The molecule has 0 saturated heterocycles. The minimum absolute atomic E-state index is 0.103. The summed E-state index contributed by atoms with van der Waals surface area (Å²) in [5, 5.41) is 21.8. The van der Waals surface area contributed by atoms with Crippen molar-refractivity contribution < 1.29 is 19.8 Å². The third-order valence-electron chi connectivity index (χ3n) is 1.72. The van der Waals surface area contributed by atoms with Crippen LogP contribution in [0, 0.1) is 0 Å². The zero-order chi connectivity index (χ0) is 11.4. The molecule has 0 aromatic carbocycles. The van der Waals surface area contributed by atoms with Crippen LogP contribution in [0.3, 0.4) is 0 Å². The molecule has 0 aliphatic heterocycles. The molecule has 15 heavy (non-hydrogen) atoms. The average Bonchev–Trinajstić information content (AvgIpc) is 2.58. The number of aryl methyl sites for hydroxylation is 1. The van der Waals surface area contributed by atoms with Crippen LogP contribution in [0.5, 0.6) is 0 Å². The van der Waals surface area contributed by atoms with Gasteiger partial charge in [0.2, 0.25) is 0 Å². The number of halogens is 1. The molecule has 6 nitrogen and oxygen atoms in total. The first kappa shape index (κ1) is 11.7. The van der Waals surface area contributed by atoms with E-state index in [9.17, 15) is 9.59 Å². The Kier molecular flexibility index (Phi) is 3.84. The lowest BCUT2D eigenvalue weighted by Crippen LogP contribution is -2.10. The first-order chi connectivity index (χ1) is 7.06. The van der Waals surface area contributed by atoms with Gasteiger partial charge in [-0.15, -0.1) is 0 Å². The van der Waals surface area contributed by atoms with E-state index in [2.05, 4.69) is 21.0 Å². The van der Waals surface area contributed by atoms with Gasteiger partial charge < -0.3 is 10.2 Å². The second kappa shape index (κ2) is 4.92. The van der Waals surface area contributed by atoms with Crippen LogP contribution in [0.15, 0.2) is 6.07 Å². The number of carboxylic acids is 2. The maximum absolute atomic E-state index is 10.8. The van der Waals surface area contributed by atoms with Gasteiger partial charge in [0.25, 0.3) is 0 Å². The van der Waals surface area contributed by atoms with E-state index in [0.717, 1.165) is 6.07 Å². The highest BCUT2D eigenvalue weighted by Gasteiger charge is 2.17. The number of carboxylic acid groups (broad SMARTS) is 2. The number of hydrogen-bond donors (Lipinski definition) is 2. The Hall–Kier alpha value is -1.37. The van der Waals surface area contributed by atoms with Crippen LogP contribution in [-0.4, -0.2) is 37.3 Å². The van der Waals surface area contributed by atoms with Crippen molar-refractivity contribution in [2.75, 3.05) is 5.33 Å². The molecule has 0 aliphatic rings. The topological polar surface area (TPSA) is 92.4 Å². The second-order valence-electron chi connectivity index (χ2n) is 2.79. The van der Waals surface area contributed by atoms with Crippen LogP contribution in [0.1, 0.15) is 27.4 Å². The van der Waals surface area contributed by atoms with Crippen LogP contribution in [0.2, 0.25) is 0 Å². The molecule has 2 N–H and O–H groups in total. The lowest BCUT2D eigenvalue weighted by atomic mass is 10.3. The predicted molar refractivity (Wildman–Crippen MR) is 54.6 cm³/mol. The molecule has 1 rings (SSSR count). The summed E-state index contributed by atoms with van der Waals surface area (Å²) >= 11 is 3.20. The molecule has 1 aromatic rings. The molecular formula is C8H9BrN2O4. The average molecular weight is 277 g/mol. The SMILES string of the molecule is O=C(O)c1cc(C(=O)O)n(CCCBr)n1. The van der Waals surface area contributed by atoms with Gasteiger partial charge in [0, 0.05) is 17.9 Å². The maximum Gasteiger partial charge on any atom is 0.356 e. The van der Waals surface area contributed by atoms with Crippen molar-refractivity contribution in [2.45, 2.75) is 13.0 Å². The van der Waals surface area contributed by atoms with E-state index in [1.54, 1.807) is 0 Å². The van der Waals surface area contributed by atoms with Gasteiger partial charge in [-0.2, -0.15) is 5.10 Å². The van der Waals surface area contributed by atoms with Crippen LogP contribution in [-0.2, 0) is 6.54 Å². The van der Waals surface area contributed by atoms with E-state index < -0.39 is 11.9 Å². The van der Waals surface area contributed by atoms with Gasteiger partial charge in [-0.25, -0.2) is 9.59 Å². The molecule has 0 amide bonds. The molecule has 0 aliphatic carbocycles. The molecule has 7 heteroatoms. The first-order valence-corrected chi connectivity index (χ1v) is 5.28. The maximum atomic E-state index is 10.8. The molecule has 1 heterocycles. The molecule has 0 bridgehead atoms.